The normalized spacial score (nSPS) is 15.0. The summed E-state index contributed by atoms with van der Waals surface area (Å²) in [5.74, 6) is -0.0675. The predicted octanol–water partition coefficient (Wildman–Crippen LogP) is 2.61. The Labute approximate surface area is 107 Å². The zero-order valence-electron chi connectivity index (χ0n) is 10.2. The third kappa shape index (κ3) is 3.95. The second-order valence-electron chi connectivity index (χ2n) is 4.65. The summed E-state index contributed by atoms with van der Waals surface area (Å²) in [7, 11) is 0. The van der Waals surface area contributed by atoms with E-state index in [0.29, 0.717) is 23.6 Å². The summed E-state index contributed by atoms with van der Waals surface area (Å²) < 4.78 is 13.1. The Kier molecular flexibility index (Phi) is 5.37. The monoisotopic (exact) mass is 259 g/mol. The van der Waals surface area contributed by atoms with E-state index >= 15 is 0 Å². The third-order valence-corrected chi connectivity index (χ3v) is 3.43. The molecule has 0 radical (unpaired) electrons. The van der Waals surface area contributed by atoms with Crippen LogP contribution in [0.15, 0.2) is 18.2 Å². The standard InChI is InChI=1S/C13H19ClFNO/c1-8(2)11(7-16)13(17)6-9-5-10(15)3-4-12(9)14/h3-5,8,11,13,17H,6-7,16H2,1-2H3. The first-order valence-corrected chi connectivity index (χ1v) is 6.15. The van der Waals surface area contributed by atoms with Crippen molar-refractivity contribution in [1.82, 2.24) is 0 Å². The average molecular weight is 260 g/mol. The van der Waals surface area contributed by atoms with E-state index in [1.54, 1.807) is 0 Å². The van der Waals surface area contributed by atoms with Gasteiger partial charge in [0.05, 0.1) is 6.10 Å². The van der Waals surface area contributed by atoms with Crippen molar-refractivity contribution in [3.63, 3.8) is 0 Å². The van der Waals surface area contributed by atoms with E-state index in [9.17, 15) is 9.50 Å². The molecule has 96 valence electrons. The van der Waals surface area contributed by atoms with Gasteiger partial charge in [-0.1, -0.05) is 25.4 Å². The van der Waals surface area contributed by atoms with Gasteiger partial charge in [-0.25, -0.2) is 4.39 Å². The lowest BCUT2D eigenvalue weighted by molar-refractivity contribution is 0.0863. The van der Waals surface area contributed by atoms with Crippen LogP contribution >= 0.6 is 11.6 Å². The van der Waals surface area contributed by atoms with Gasteiger partial charge < -0.3 is 10.8 Å². The van der Waals surface area contributed by atoms with E-state index in [1.807, 2.05) is 13.8 Å². The Morgan fingerprint density at radius 1 is 1.41 bits per heavy atom. The summed E-state index contributed by atoms with van der Waals surface area (Å²) >= 11 is 5.96. The molecule has 0 aliphatic heterocycles. The average Bonchev–Trinajstić information content (AvgIpc) is 2.24. The third-order valence-electron chi connectivity index (χ3n) is 3.06. The van der Waals surface area contributed by atoms with Crippen molar-refractivity contribution in [3.8, 4) is 0 Å². The van der Waals surface area contributed by atoms with Crippen LogP contribution in [0, 0.1) is 17.7 Å². The van der Waals surface area contributed by atoms with E-state index in [1.165, 1.54) is 18.2 Å². The molecule has 2 unspecified atom stereocenters. The topological polar surface area (TPSA) is 46.2 Å². The number of rotatable bonds is 5. The van der Waals surface area contributed by atoms with E-state index in [4.69, 9.17) is 17.3 Å². The van der Waals surface area contributed by atoms with Crippen LogP contribution in [0.4, 0.5) is 4.39 Å². The van der Waals surface area contributed by atoms with Gasteiger partial charge >= 0.3 is 0 Å². The van der Waals surface area contributed by atoms with Crippen LogP contribution in [0.3, 0.4) is 0 Å². The van der Waals surface area contributed by atoms with Gasteiger partial charge in [-0.2, -0.15) is 0 Å². The fraction of sp³-hybridized carbons (Fsp3) is 0.538. The van der Waals surface area contributed by atoms with E-state index in [0.717, 1.165) is 0 Å². The summed E-state index contributed by atoms with van der Waals surface area (Å²) in [6.07, 6.45) is -0.268. The molecule has 0 aliphatic carbocycles. The molecule has 1 rings (SSSR count). The van der Waals surface area contributed by atoms with Crippen LogP contribution in [-0.2, 0) is 6.42 Å². The maximum absolute atomic E-state index is 13.1. The molecule has 2 nitrogen and oxygen atoms in total. The molecule has 0 amide bonds. The van der Waals surface area contributed by atoms with Gasteiger partial charge in [-0.3, -0.25) is 0 Å². The summed E-state index contributed by atoms with van der Waals surface area (Å²) in [5.41, 5.74) is 6.25. The Bertz CT molecular complexity index is 370. The second-order valence-corrected chi connectivity index (χ2v) is 5.06. The predicted molar refractivity (Wildman–Crippen MR) is 68.5 cm³/mol. The van der Waals surface area contributed by atoms with Crippen LogP contribution < -0.4 is 5.73 Å². The van der Waals surface area contributed by atoms with E-state index in [-0.39, 0.29) is 17.7 Å². The number of nitrogens with two attached hydrogens (primary N) is 1. The van der Waals surface area contributed by atoms with Crippen molar-refractivity contribution in [2.45, 2.75) is 26.4 Å². The zero-order valence-corrected chi connectivity index (χ0v) is 10.9. The molecule has 0 bridgehead atoms. The molecule has 17 heavy (non-hydrogen) atoms. The maximum atomic E-state index is 13.1. The molecule has 0 heterocycles. The summed E-state index contributed by atoms with van der Waals surface area (Å²) in [5, 5.41) is 10.6. The lowest BCUT2D eigenvalue weighted by Gasteiger charge is -2.25. The van der Waals surface area contributed by atoms with Gasteiger partial charge in [-0.05, 0) is 42.1 Å². The highest BCUT2D eigenvalue weighted by molar-refractivity contribution is 6.31. The van der Waals surface area contributed by atoms with Crippen LogP contribution in [0.25, 0.3) is 0 Å². The van der Waals surface area contributed by atoms with Gasteiger partial charge in [0.25, 0.3) is 0 Å². The van der Waals surface area contributed by atoms with E-state index in [2.05, 4.69) is 0 Å². The highest BCUT2D eigenvalue weighted by atomic mass is 35.5. The van der Waals surface area contributed by atoms with Crippen molar-refractivity contribution >= 4 is 11.6 Å². The molecule has 0 spiro atoms. The molecule has 0 fully saturated rings. The number of hydrogen-bond acceptors (Lipinski definition) is 2. The minimum absolute atomic E-state index is 0.00525. The fourth-order valence-electron chi connectivity index (χ4n) is 1.95. The molecule has 3 N–H and O–H groups in total. The van der Waals surface area contributed by atoms with Crippen molar-refractivity contribution in [2.75, 3.05) is 6.54 Å². The first kappa shape index (κ1) is 14.4. The first-order valence-electron chi connectivity index (χ1n) is 5.77. The molecule has 1 aromatic carbocycles. The Morgan fingerprint density at radius 2 is 2.06 bits per heavy atom. The Balaban J connectivity index is 2.79. The van der Waals surface area contributed by atoms with Crippen molar-refractivity contribution in [1.29, 1.82) is 0 Å². The Morgan fingerprint density at radius 3 is 2.59 bits per heavy atom. The molecule has 0 aliphatic rings. The van der Waals surface area contributed by atoms with Crippen LogP contribution in [-0.4, -0.2) is 17.8 Å². The molecule has 4 heteroatoms. The van der Waals surface area contributed by atoms with E-state index < -0.39 is 6.10 Å². The second kappa shape index (κ2) is 6.34. The van der Waals surface area contributed by atoms with Crippen molar-refractivity contribution in [3.05, 3.63) is 34.6 Å². The summed E-state index contributed by atoms with van der Waals surface area (Å²) in [6.45, 7) is 4.42. The molecule has 2 atom stereocenters. The molecule has 0 aromatic heterocycles. The minimum atomic E-state index is -0.598. The van der Waals surface area contributed by atoms with Crippen molar-refractivity contribution < 1.29 is 9.50 Å². The lowest BCUT2D eigenvalue weighted by Crippen LogP contribution is -2.33. The quantitative estimate of drug-likeness (QED) is 0.854. The molecule has 0 saturated carbocycles. The highest BCUT2D eigenvalue weighted by Gasteiger charge is 2.22. The smallest absolute Gasteiger partial charge is 0.123 e. The Hall–Kier alpha value is -0.640. The molecule has 0 saturated heterocycles. The first-order chi connectivity index (χ1) is 7.95. The summed E-state index contributed by atoms with van der Waals surface area (Å²) in [4.78, 5) is 0. The van der Waals surface area contributed by atoms with Gasteiger partial charge in [-0.15, -0.1) is 0 Å². The number of benzene rings is 1. The maximum Gasteiger partial charge on any atom is 0.123 e. The van der Waals surface area contributed by atoms with Crippen LogP contribution in [0.5, 0.6) is 0 Å². The van der Waals surface area contributed by atoms with Crippen LogP contribution in [0.1, 0.15) is 19.4 Å². The molecular formula is C13H19ClFNO. The molecular weight excluding hydrogens is 241 g/mol. The van der Waals surface area contributed by atoms with Crippen LogP contribution in [0.2, 0.25) is 5.02 Å². The number of halogens is 2. The summed E-state index contributed by atoms with van der Waals surface area (Å²) in [6, 6.07) is 4.17. The highest BCUT2D eigenvalue weighted by Crippen LogP contribution is 2.23. The van der Waals surface area contributed by atoms with Gasteiger partial charge in [0.15, 0.2) is 0 Å². The number of hydrogen-bond donors (Lipinski definition) is 2. The fourth-order valence-corrected chi connectivity index (χ4v) is 2.14. The lowest BCUT2D eigenvalue weighted by atomic mass is 9.87. The van der Waals surface area contributed by atoms with Gasteiger partial charge in [0.2, 0.25) is 0 Å². The number of aliphatic hydroxyl groups is 1. The number of aliphatic hydroxyl groups excluding tert-OH is 1. The largest absolute Gasteiger partial charge is 0.392 e. The van der Waals surface area contributed by atoms with Gasteiger partial charge in [0.1, 0.15) is 5.82 Å². The molecule has 1 aromatic rings. The minimum Gasteiger partial charge on any atom is -0.392 e. The van der Waals surface area contributed by atoms with Gasteiger partial charge in [0, 0.05) is 11.4 Å². The zero-order chi connectivity index (χ0) is 13.0. The SMILES string of the molecule is CC(C)C(CN)C(O)Cc1cc(F)ccc1Cl. The van der Waals surface area contributed by atoms with Crippen molar-refractivity contribution in [2.24, 2.45) is 17.6 Å².